The Balaban J connectivity index is 2.70. The highest BCUT2D eigenvalue weighted by molar-refractivity contribution is 5.35. The minimum absolute atomic E-state index is 0.122. The molecule has 14 heavy (non-hydrogen) atoms. The molecule has 0 aliphatic heterocycles. The summed E-state index contributed by atoms with van der Waals surface area (Å²) < 4.78 is 36.3. The molecule has 1 atom stereocenters. The third-order valence-electron chi connectivity index (χ3n) is 1.51. The average Bonchev–Trinajstić information content (AvgIpc) is 2.02. The fraction of sp³-hybridized carbons (Fsp3) is 0.429. The van der Waals surface area contributed by atoms with Crippen LogP contribution in [0.25, 0.3) is 0 Å². The summed E-state index contributed by atoms with van der Waals surface area (Å²) in [6.45, 7) is 0.979. The van der Waals surface area contributed by atoms with E-state index in [-0.39, 0.29) is 11.8 Å². The number of nitrogens with one attached hydrogen (secondary N) is 1. The second-order valence-electron chi connectivity index (χ2n) is 2.71. The summed E-state index contributed by atoms with van der Waals surface area (Å²) in [5, 5.41) is 2.10. The molecule has 0 aliphatic rings. The van der Waals surface area contributed by atoms with Crippen LogP contribution in [0.15, 0.2) is 12.3 Å². The molecule has 4 nitrogen and oxygen atoms in total. The van der Waals surface area contributed by atoms with Crippen LogP contribution >= 0.6 is 0 Å². The summed E-state index contributed by atoms with van der Waals surface area (Å²) in [7, 11) is 0. The van der Waals surface area contributed by atoms with Crippen LogP contribution in [0.5, 0.6) is 0 Å². The van der Waals surface area contributed by atoms with Gasteiger partial charge in [0.1, 0.15) is 11.9 Å². The molecular weight excluding hydrogens is 197 g/mol. The van der Waals surface area contributed by atoms with Gasteiger partial charge in [0.25, 0.3) is 0 Å². The summed E-state index contributed by atoms with van der Waals surface area (Å²) in [6, 6.07) is -0.312. The van der Waals surface area contributed by atoms with E-state index in [2.05, 4.69) is 15.3 Å². The molecule has 0 fully saturated rings. The van der Waals surface area contributed by atoms with Crippen LogP contribution in [-0.4, -0.2) is 22.2 Å². The fourth-order valence-corrected chi connectivity index (χ4v) is 0.718. The monoisotopic (exact) mass is 206 g/mol. The van der Waals surface area contributed by atoms with Crippen molar-refractivity contribution in [3.05, 3.63) is 12.3 Å². The molecule has 1 heterocycles. The second kappa shape index (κ2) is 3.69. The van der Waals surface area contributed by atoms with Gasteiger partial charge in [0.05, 0.1) is 0 Å². The molecule has 0 aliphatic carbocycles. The average molecular weight is 206 g/mol. The SMILES string of the molecule is CC(Nc1nccc(N)n1)C(F)(F)F. The maximum absolute atomic E-state index is 12.1. The molecule has 3 N–H and O–H groups in total. The number of rotatable bonds is 2. The smallest absolute Gasteiger partial charge is 0.384 e. The second-order valence-corrected chi connectivity index (χ2v) is 2.71. The molecule has 1 aromatic rings. The van der Waals surface area contributed by atoms with Crippen molar-refractivity contribution in [3.63, 3.8) is 0 Å². The lowest BCUT2D eigenvalue weighted by atomic mass is 10.3. The first-order chi connectivity index (χ1) is 6.39. The van der Waals surface area contributed by atoms with E-state index in [9.17, 15) is 13.2 Å². The van der Waals surface area contributed by atoms with Gasteiger partial charge in [-0.25, -0.2) is 4.98 Å². The standard InChI is InChI=1S/C7H9F3N4/c1-4(7(8,9)10)13-6-12-3-2-5(11)14-6/h2-4H,1H3,(H3,11,12,13,14). The number of hydrogen-bond acceptors (Lipinski definition) is 4. The molecule has 0 saturated heterocycles. The molecule has 0 radical (unpaired) electrons. The number of aromatic nitrogens is 2. The Morgan fingerprint density at radius 3 is 2.64 bits per heavy atom. The Kier molecular flexibility index (Phi) is 2.78. The van der Waals surface area contributed by atoms with Crippen LogP contribution in [0, 0.1) is 0 Å². The van der Waals surface area contributed by atoms with Crippen molar-refractivity contribution in [3.8, 4) is 0 Å². The largest absolute Gasteiger partial charge is 0.408 e. The van der Waals surface area contributed by atoms with Gasteiger partial charge in [-0.2, -0.15) is 18.2 Å². The lowest BCUT2D eigenvalue weighted by molar-refractivity contribution is -0.138. The molecule has 1 aromatic heterocycles. The third-order valence-corrected chi connectivity index (χ3v) is 1.51. The lowest BCUT2D eigenvalue weighted by Crippen LogP contribution is -2.33. The van der Waals surface area contributed by atoms with E-state index < -0.39 is 12.2 Å². The predicted molar refractivity (Wildman–Crippen MR) is 45.6 cm³/mol. The zero-order valence-electron chi connectivity index (χ0n) is 7.34. The summed E-state index contributed by atoms with van der Waals surface area (Å²) in [5.41, 5.74) is 5.27. The van der Waals surface area contributed by atoms with Crippen LogP contribution in [0.2, 0.25) is 0 Å². The normalized spacial score (nSPS) is 13.7. The zero-order chi connectivity index (χ0) is 10.8. The zero-order valence-corrected chi connectivity index (χ0v) is 7.34. The van der Waals surface area contributed by atoms with Gasteiger partial charge in [-0.15, -0.1) is 0 Å². The predicted octanol–water partition coefficient (Wildman–Crippen LogP) is 1.42. The lowest BCUT2D eigenvalue weighted by Gasteiger charge is -2.16. The molecule has 7 heteroatoms. The minimum atomic E-state index is -4.33. The van der Waals surface area contributed by atoms with Crippen molar-refractivity contribution >= 4 is 11.8 Å². The van der Waals surface area contributed by atoms with E-state index in [4.69, 9.17) is 5.73 Å². The van der Waals surface area contributed by atoms with Crippen molar-refractivity contribution in [2.75, 3.05) is 11.1 Å². The number of halogens is 3. The maximum Gasteiger partial charge on any atom is 0.408 e. The molecule has 0 saturated carbocycles. The van der Waals surface area contributed by atoms with Crippen LogP contribution in [-0.2, 0) is 0 Å². The van der Waals surface area contributed by atoms with E-state index in [1.54, 1.807) is 0 Å². The van der Waals surface area contributed by atoms with E-state index in [0.29, 0.717) is 0 Å². The van der Waals surface area contributed by atoms with Gasteiger partial charge in [-0.3, -0.25) is 0 Å². The first-order valence-corrected chi connectivity index (χ1v) is 3.81. The molecule has 1 rings (SSSR count). The number of hydrogen-bond donors (Lipinski definition) is 2. The first-order valence-electron chi connectivity index (χ1n) is 3.81. The van der Waals surface area contributed by atoms with Crippen LogP contribution in [0.3, 0.4) is 0 Å². The topological polar surface area (TPSA) is 63.8 Å². The number of nitrogens with two attached hydrogens (primary N) is 1. The first kappa shape index (κ1) is 10.6. The van der Waals surface area contributed by atoms with Gasteiger partial charge >= 0.3 is 6.18 Å². The van der Waals surface area contributed by atoms with E-state index >= 15 is 0 Å². The Labute approximate surface area is 78.4 Å². The number of alkyl halides is 3. The van der Waals surface area contributed by atoms with Gasteiger partial charge in [-0.05, 0) is 13.0 Å². The van der Waals surface area contributed by atoms with Crippen molar-refractivity contribution in [2.45, 2.75) is 19.1 Å². The Morgan fingerprint density at radius 2 is 2.14 bits per heavy atom. The number of nitrogen functional groups attached to an aromatic ring is 1. The molecule has 0 bridgehead atoms. The van der Waals surface area contributed by atoms with Gasteiger partial charge in [0, 0.05) is 6.20 Å². The summed E-state index contributed by atoms with van der Waals surface area (Å²) in [6.07, 6.45) is -3.04. The number of nitrogens with zero attached hydrogens (tertiary/aromatic N) is 2. The highest BCUT2D eigenvalue weighted by Crippen LogP contribution is 2.21. The van der Waals surface area contributed by atoms with Crippen molar-refractivity contribution in [1.29, 1.82) is 0 Å². The van der Waals surface area contributed by atoms with Crippen molar-refractivity contribution in [1.82, 2.24) is 9.97 Å². The fourth-order valence-electron chi connectivity index (χ4n) is 0.718. The summed E-state index contributed by atoms with van der Waals surface area (Å²) in [5.74, 6) is -0.00769. The minimum Gasteiger partial charge on any atom is -0.384 e. The van der Waals surface area contributed by atoms with E-state index in [0.717, 1.165) is 6.92 Å². The molecule has 0 spiro atoms. The van der Waals surface area contributed by atoms with E-state index in [1.165, 1.54) is 12.3 Å². The summed E-state index contributed by atoms with van der Waals surface area (Å²) >= 11 is 0. The van der Waals surface area contributed by atoms with Crippen LogP contribution in [0.4, 0.5) is 24.9 Å². The van der Waals surface area contributed by atoms with Gasteiger partial charge in [0.2, 0.25) is 5.95 Å². The van der Waals surface area contributed by atoms with Crippen molar-refractivity contribution < 1.29 is 13.2 Å². The van der Waals surface area contributed by atoms with Gasteiger partial charge in [0.15, 0.2) is 0 Å². The third kappa shape index (κ3) is 2.75. The maximum atomic E-state index is 12.1. The molecular formula is C7H9F3N4. The number of anilines is 2. The van der Waals surface area contributed by atoms with E-state index in [1.807, 2.05) is 0 Å². The Bertz CT molecular complexity index is 312. The molecule has 78 valence electrons. The molecule has 0 amide bonds. The van der Waals surface area contributed by atoms with Crippen molar-refractivity contribution in [2.24, 2.45) is 0 Å². The highest BCUT2D eigenvalue weighted by Gasteiger charge is 2.36. The van der Waals surface area contributed by atoms with Crippen LogP contribution in [0.1, 0.15) is 6.92 Å². The van der Waals surface area contributed by atoms with Gasteiger partial charge in [-0.1, -0.05) is 0 Å². The Hall–Kier alpha value is -1.53. The van der Waals surface area contributed by atoms with Crippen LogP contribution < -0.4 is 11.1 Å². The molecule has 1 unspecified atom stereocenters. The summed E-state index contributed by atoms with van der Waals surface area (Å²) in [4.78, 5) is 7.17. The Morgan fingerprint density at radius 1 is 1.50 bits per heavy atom. The quantitative estimate of drug-likeness (QED) is 0.768. The molecule has 0 aromatic carbocycles. The highest BCUT2D eigenvalue weighted by atomic mass is 19.4. The van der Waals surface area contributed by atoms with Gasteiger partial charge < -0.3 is 11.1 Å².